The van der Waals surface area contributed by atoms with Gasteiger partial charge in [-0.3, -0.25) is 0 Å². The van der Waals surface area contributed by atoms with E-state index in [1.807, 2.05) is 0 Å². The maximum absolute atomic E-state index is 2.49. The molecule has 4 unspecified atom stereocenters. The highest BCUT2D eigenvalue weighted by Gasteiger charge is 2.34. The van der Waals surface area contributed by atoms with Crippen molar-refractivity contribution in [2.45, 2.75) is 38.5 Å². The lowest BCUT2D eigenvalue weighted by molar-refractivity contribution is 0.188. The molecule has 1 saturated carbocycles. The average molecular weight is 188 g/mol. The lowest BCUT2D eigenvalue weighted by Crippen LogP contribution is -2.24. The van der Waals surface area contributed by atoms with Crippen LogP contribution >= 0.6 is 0 Å². The Morgan fingerprint density at radius 3 is 2.50 bits per heavy atom. The van der Waals surface area contributed by atoms with Crippen LogP contribution in [0.3, 0.4) is 0 Å². The van der Waals surface area contributed by atoms with Crippen LogP contribution in [0.4, 0.5) is 0 Å². The molecule has 14 heavy (non-hydrogen) atoms. The molecule has 0 aliphatic heterocycles. The zero-order valence-electron chi connectivity index (χ0n) is 8.86. The standard InChI is InChI=1S/C14H20/c1-2-5-11(4-1)14-9-8-12-6-3-7-13(12)10-14/h1,3-4,6,11-14H,2,5,7-10H2. The molecule has 0 radical (unpaired) electrons. The molecule has 0 N–H and O–H groups in total. The van der Waals surface area contributed by atoms with Crippen molar-refractivity contribution in [3.05, 3.63) is 24.3 Å². The third kappa shape index (κ3) is 1.45. The van der Waals surface area contributed by atoms with Gasteiger partial charge >= 0.3 is 0 Å². The van der Waals surface area contributed by atoms with Crippen molar-refractivity contribution in [3.8, 4) is 0 Å². The van der Waals surface area contributed by atoms with Gasteiger partial charge in [0.15, 0.2) is 0 Å². The summed E-state index contributed by atoms with van der Waals surface area (Å²) in [4.78, 5) is 0. The highest BCUT2D eigenvalue weighted by Crippen LogP contribution is 2.44. The molecule has 0 aromatic carbocycles. The molecule has 0 aromatic heterocycles. The van der Waals surface area contributed by atoms with E-state index in [1.54, 1.807) is 0 Å². The van der Waals surface area contributed by atoms with E-state index < -0.39 is 0 Å². The van der Waals surface area contributed by atoms with Crippen LogP contribution in [-0.4, -0.2) is 0 Å². The lowest BCUT2D eigenvalue weighted by atomic mass is 9.71. The second-order valence-electron chi connectivity index (χ2n) is 5.33. The van der Waals surface area contributed by atoms with Gasteiger partial charge < -0.3 is 0 Å². The summed E-state index contributed by atoms with van der Waals surface area (Å²) in [5.74, 6) is 3.94. The molecule has 0 bridgehead atoms. The van der Waals surface area contributed by atoms with E-state index in [1.165, 1.54) is 38.5 Å². The minimum absolute atomic E-state index is 0.941. The van der Waals surface area contributed by atoms with Gasteiger partial charge in [-0.1, -0.05) is 24.3 Å². The fourth-order valence-corrected chi connectivity index (χ4v) is 3.71. The second-order valence-corrected chi connectivity index (χ2v) is 5.33. The SMILES string of the molecule is C1=CC(C2CCC3C=CCC3C2)CC1. The first-order valence-electron chi connectivity index (χ1n) is 6.27. The fourth-order valence-electron chi connectivity index (χ4n) is 3.71. The Kier molecular flexibility index (Phi) is 2.23. The Labute approximate surface area is 87.1 Å². The molecule has 0 amide bonds. The molecule has 3 rings (SSSR count). The van der Waals surface area contributed by atoms with E-state index in [-0.39, 0.29) is 0 Å². The van der Waals surface area contributed by atoms with Crippen LogP contribution in [0.15, 0.2) is 24.3 Å². The van der Waals surface area contributed by atoms with Crippen molar-refractivity contribution in [1.82, 2.24) is 0 Å². The average Bonchev–Trinajstić information content (AvgIpc) is 2.88. The van der Waals surface area contributed by atoms with Gasteiger partial charge in [-0.05, 0) is 62.2 Å². The predicted octanol–water partition coefficient (Wildman–Crippen LogP) is 3.95. The van der Waals surface area contributed by atoms with Crippen molar-refractivity contribution >= 4 is 0 Å². The normalized spacial score (nSPS) is 45.7. The van der Waals surface area contributed by atoms with Gasteiger partial charge in [0.05, 0.1) is 0 Å². The lowest BCUT2D eigenvalue weighted by Gasteiger charge is -2.34. The van der Waals surface area contributed by atoms with Crippen molar-refractivity contribution in [1.29, 1.82) is 0 Å². The summed E-state index contributed by atoms with van der Waals surface area (Å²) < 4.78 is 0. The molecular formula is C14H20. The van der Waals surface area contributed by atoms with Gasteiger partial charge in [0.1, 0.15) is 0 Å². The highest BCUT2D eigenvalue weighted by molar-refractivity contribution is 5.06. The molecule has 0 spiro atoms. The fraction of sp³-hybridized carbons (Fsp3) is 0.714. The summed E-state index contributed by atoms with van der Waals surface area (Å²) >= 11 is 0. The van der Waals surface area contributed by atoms with Crippen molar-refractivity contribution < 1.29 is 0 Å². The molecule has 0 aromatic rings. The van der Waals surface area contributed by atoms with E-state index in [0.29, 0.717) is 0 Å². The van der Waals surface area contributed by atoms with E-state index in [4.69, 9.17) is 0 Å². The Balaban J connectivity index is 1.64. The third-order valence-electron chi connectivity index (χ3n) is 4.56. The first-order chi connectivity index (χ1) is 6.93. The summed E-state index contributed by atoms with van der Waals surface area (Å²) in [5.41, 5.74) is 0. The molecule has 0 nitrogen and oxygen atoms in total. The van der Waals surface area contributed by atoms with Crippen LogP contribution in [0.5, 0.6) is 0 Å². The molecule has 76 valence electrons. The summed E-state index contributed by atoms with van der Waals surface area (Å²) in [5, 5.41) is 0. The molecule has 0 heteroatoms. The summed E-state index contributed by atoms with van der Waals surface area (Å²) in [6.45, 7) is 0. The van der Waals surface area contributed by atoms with E-state index in [2.05, 4.69) is 24.3 Å². The smallest absolute Gasteiger partial charge is 0.0202 e. The van der Waals surface area contributed by atoms with Gasteiger partial charge in [-0.25, -0.2) is 0 Å². The van der Waals surface area contributed by atoms with Crippen LogP contribution in [0.1, 0.15) is 38.5 Å². The van der Waals surface area contributed by atoms with Crippen LogP contribution in [0.2, 0.25) is 0 Å². The number of fused-ring (bicyclic) bond motifs is 1. The quantitative estimate of drug-likeness (QED) is 0.547. The molecular weight excluding hydrogens is 168 g/mol. The van der Waals surface area contributed by atoms with Gasteiger partial charge in [-0.15, -0.1) is 0 Å². The zero-order chi connectivity index (χ0) is 9.38. The maximum Gasteiger partial charge on any atom is -0.0202 e. The van der Waals surface area contributed by atoms with Gasteiger partial charge in [0, 0.05) is 0 Å². The topological polar surface area (TPSA) is 0 Å². The Morgan fingerprint density at radius 1 is 0.786 bits per heavy atom. The largest absolute Gasteiger partial charge is 0.0882 e. The first-order valence-corrected chi connectivity index (χ1v) is 6.27. The van der Waals surface area contributed by atoms with Crippen LogP contribution in [0, 0.1) is 23.7 Å². The van der Waals surface area contributed by atoms with Crippen LogP contribution in [-0.2, 0) is 0 Å². The maximum atomic E-state index is 2.49. The molecule has 3 aliphatic rings. The Morgan fingerprint density at radius 2 is 1.64 bits per heavy atom. The van der Waals surface area contributed by atoms with Crippen LogP contribution in [0.25, 0.3) is 0 Å². The van der Waals surface area contributed by atoms with Crippen molar-refractivity contribution in [2.24, 2.45) is 23.7 Å². The highest BCUT2D eigenvalue weighted by atomic mass is 14.4. The molecule has 1 fully saturated rings. The summed E-state index contributed by atoms with van der Waals surface area (Å²) in [6, 6.07) is 0. The molecule has 0 heterocycles. The first kappa shape index (κ1) is 8.76. The number of hydrogen-bond donors (Lipinski definition) is 0. The number of hydrogen-bond acceptors (Lipinski definition) is 0. The molecule has 4 atom stereocenters. The summed E-state index contributed by atoms with van der Waals surface area (Å²) in [6.07, 6.45) is 18.4. The molecule has 0 saturated heterocycles. The Hall–Kier alpha value is -0.520. The number of rotatable bonds is 1. The predicted molar refractivity (Wildman–Crippen MR) is 59.9 cm³/mol. The van der Waals surface area contributed by atoms with E-state index in [0.717, 1.165) is 23.7 Å². The van der Waals surface area contributed by atoms with E-state index in [9.17, 15) is 0 Å². The van der Waals surface area contributed by atoms with Crippen LogP contribution < -0.4 is 0 Å². The second kappa shape index (κ2) is 3.56. The summed E-state index contributed by atoms with van der Waals surface area (Å²) in [7, 11) is 0. The minimum atomic E-state index is 0.941. The van der Waals surface area contributed by atoms with E-state index >= 15 is 0 Å². The molecule has 3 aliphatic carbocycles. The van der Waals surface area contributed by atoms with Gasteiger partial charge in [0.25, 0.3) is 0 Å². The van der Waals surface area contributed by atoms with Crippen molar-refractivity contribution in [3.63, 3.8) is 0 Å². The Bertz CT molecular complexity index is 261. The third-order valence-corrected chi connectivity index (χ3v) is 4.56. The monoisotopic (exact) mass is 188 g/mol. The minimum Gasteiger partial charge on any atom is -0.0882 e. The van der Waals surface area contributed by atoms with Gasteiger partial charge in [0.2, 0.25) is 0 Å². The zero-order valence-corrected chi connectivity index (χ0v) is 8.86. The van der Waals surface area contributed by atoms with Gasteiger partial charge in [-0.2, -0.15) is 0 Å². The van der Waals surface area contributed by atoms with Crippen molar-refractivity contribution in [2.75, 3.05) is 0 Å². The number of allylic oxidation sites excluding steroid dienone is 4.